The van der Waals surface area contributed by atoms with Crippen molar-refractivity contribution in [3.63, 3.8) is 0 Å². The van der Waals surface area contributed by atoms with Crippen LogP contribution in [0.3, 0.4) is 0 Å². The zero-order valence-electron chi connectivity index (χ0n) is 6.98. The summed E-state index contributed by atoms with van der Waals surface area (Å²) in [5.74, 6) is 0.497. The highest BCUT2D eigenvalue weighted by Gasteiger charge is 1.97. The van der Waals surface area contributed by atoms with Gasteiger partial charge in [0, 0.05) is 24.4 Å². The van der Waals surface area contributed by atoms with Gasteiger partial charge in [-0.3, -0.25) is 4.79 Å². The molecule has 0 aliphatic rings. The molecule has 0 aliphatic carbocycles. The van der Waals surface area contributed by atoms with Gasteiger partial charge in [0.1, 0.15) is 5.15 Å². The molecule has 0 atom stereocenters. The van der Waals surface area contributed by atoms with Gasteiger partial charge >= 0.3 is 0 Å². The molecule has 0 fully saturated rings. The predicted molar refractivity (Wildman–Crippen MR) is 50.3 cm³/mol. The molecule has 5 nitrogen and oxygen atoms in total. The Morgan fingerprint density at radius 3 is 3.00 bits per heavy atom. The van der Waals surface area contributed by atoms with Crippen molar-refractivity contribution < 1.29 is 4.84 Å². The molecule has 2 aromatic heterocycles. The molecule has 72 valence electrons. The molecule has 2 aromatic rings. The molecule has 0 bridgehead atoms. The minimum Gasteiger partial charge on any atom is -0.360 e. The van der Waals surface area contributed by atoms with Crippen LogP contribution in [-0.2, 0) is 0 Å². The van der Waals surface area contributed by atoms with Crippen LogP contribution in [0.4, 0.5) is 0 Å². The van der Waals surface area contributed by atoms with Crippen molar-refractivity contribution in [3.8, 4) is 5.75 Å². The Bertz CT molecular complexity index is 491. The maximum atomic E-state index is 10.8. The van der Waals surface area contributed by atoms with E-state index in [1.807, 2.05) is 0 Å². The second kappa shape index (κ2) is 3.55. The summed E-state index contributed by atoms with van der Waals surface area (Å²) in [5, 5.41) is 2.75. The van der Waals surface area contributed by atoms with Crippen molar-refractivity contribution in [1.82, 2.24) is 14.9 Å². The fourth-order valence-electron chi connectivity index (χ4n) is 0.927. The fourth-order valence-corrected chi connectivity index (χ4v) is 1.09. The van der Waals surface area contributed by atoms with E-state index in [9.17, 15) is 4.79 Å². The molecule has 0 spiro atoms. The Labute approximate surface area is 83.8 Å². The first kappa shape index (κ1) is 8.83. The highest BCUT2D eigenvalue weighted by atomic mass is 35.5. The lowest BCUT2D eigenvalue weighted by Crippen LogP contribution is -2.10. The van der Waals surface area contributed by atoms with Crippen molar-refractivity contribution in [3.05, 3.63) is 46.1 Å². The Morgan fingerprint density at radius 1 is 1.50 bits per heavy atom. The van der Waals surface area contributed by atoms with E-state index in [0.29, 0.717) is 10.9 Å². The predicted octanol–water partition coefficient (Wildman–Crippen LogP) is 1.07. The van der Waals surface area contributed by atoms with E-state index in [2.05, 4.69) is 10.1 Å². The van der Waals surface area contributed by atoms with Crippen LogP contribution in [0, 0.1) is 0 Å². The van der Waals surface area contributed by atoms with Gasteiger partial charge in [-0.2, -0.15) is 0 Å². The molecule has 2 heterocycles. The zero-order valence-corrected chi connectivity index (χ0v) is 7.73. The van der Waals surface area contributed by atoms with E-state index >= 15 is 0 Å². The Morgan fingerprint density at radius 2 is 2.36 bits per heavy atom. The van der Waals surface area contributed by atoms with Crippen LogP contribution >= 0.6 is 11.6 Å². The lowest BCUT2D eigenvalue weighted by Gasteiger charge is -2.03. The van der Waals surface area contributed by atoms with Gasteiger partial charge in [-0.25, -0.2) is 10.1 Å². The average molecular weight is 212 g/mol. The second-order valence-corrected chi connectivity index (χ2v) is 2.91. The third-order valence-corrected chi connectivity index (χ3v) is 1.69. The molecule has 0 saturated carbocycles. The van der Waals surface area contributed by atoms with Gasteiger partial charge in [-0.1, -0.05) is 11.6 Å². The van der Waals surface area contributed by atoms with E-state index in [1.165, 1.54) is 23.3 Å². The van der Waals surface area contributed by atoms with Crippen molar-refractivity contribution in [1.29, 1.82) is 0 Å². The van der Waals surface area contributed by atoms with E-state index in [4.69, 9.17) is 16.4 Å². The molecule has 0 unspecified atom stereocenters. The number of halogens is 1. The molecule has 0 radical (unpaired) electrons. The smallest absolute Gasteiger partial charge is 0.266 e. The molecule has 0 amide bonds. The number of aromatic nitrogens is 3. The highest BCUT2D eigenvalue weighted by molar-refractivity contribution is 6.29. The molecule has 6 heteroatoms. The van der Waals surface area contributed by atoms with Gasteiger partial charge in [-0.05, 0) is 0 Å². The summed E-state index contributed by atoms with van der Waals surface area (Å²) in [4.78, 5) is 20.9. The van der Waals surface area contributed by atoms with E-state index in [1.54, 1.807) is 12.1 Å². The van der Waals surface area contributed by atoms with Gasteiger partial charge in [0.25, 0.3) is 5.56 Å². The summed E-state index contributed by atoms with van der Waals surface area (Å²) in [6.07, 6.45) is 2.98. The van der Waals surface area contributed by atoms with Crippen molar-refractivity contribution in [2.75, 3.05) is 0 Å². The van der Waals surface area contributed by atoms with Gasteiger partial charge in [-0.15, -0.1) is 4.85 Å². The Hall–Kier alpha value is -1.75. The van der Waals surface area contributed by atoms with Crippen molar-refractivity contribution in [2.24, 2.45) is 0 Å². The molecule has 0 aromatic carbocycles. The third-order valence-electron chi connectivity index (χ3n) is 1.48. The van der Waals surface area contributed by atoms with E-state index < -0.39 is 0 Å². The van der Waals surface area contributed by atoms with E-state index in [-0.39, 0.29) is 5.56 Å². The summed E-state index contributed by atoms with van der Waals surface area (Å²) in [6, 6.07) is 4.52. The lowest BCUT2D eigenvalue weighted by molar-refractivity contribution is 0.177. The van der Waals surface area contributed by atoms with Crippen LogP contribution in [0.5, 0.6) is 5.75 Å². The van der Waals surface area contributed by atoms with Crippen LogP contribution in [0.2, 0.25) is 5.15 Å². The average Bonchev–Trinajstić information content (AvgIpc) is 2.51. The summed E-state index contributed by atoms with van der Waals surface area (Å²) in [5.41, 5.74) is -0.231. The topological polar surface area (TPSA) is 59.9 Å². The zero-order chi connectivity index (χ0) is 9.97. The molecular formula is C8H6ClN3O2. The molecule has 0 saturated heterocycles. The Kier molecular flexibility index (Phi) is 2.24. The maximum Gasteiger partial charge on any atom is 0.266 e. The molecule has 0 aliphatic heterocycles. The standard InChI is InChI=1S/C8H6ClN3O2/c9-7-5-6(1-3-10-7)14-12-4-2-8(13)11-12/h1-5H,(H,11,13). The molecular weight excluding hydrogens is 206 g/mol. The van der Waals surface area contributed by atoms with Gasteiger partial charge in [0.05, 0.1) is 6.20 Å². The first-order valence-electron chi connectivity index (χ1n) is 3.81. The minimum absolute atomic E-state index is 0.231. The number of nitrogens with zero attached hydrogens (tertiary/aromatic N) is 2. The number of nitrogens with one attached hydrogen (secondary N) is 1. The fraction of sp³-hybridized carbons (Fsp3) is 0. The van der Waals surface area contributed by atoms with Crippen LogP contribution in [0.25, 0.3) is 0 Å². The van der Waals surface area contributed by atoms with Crippen LogP contribution < -0.4 is 10.4 Å². The number of hydrogen-bond donors (Lipinski definition) is 1. The van der Waals surface area contributed by atoms with Crippen molar-refractivity contribution in [2.45, 2.75) is 0 Å². The first-order chi connectivity index (χ1) is 6.74. The molecule has 2 rings (SSSR count). The van der Waals surface area contributed by atoms with Gasteiger partial charge in [0.2, 0.25) is 0 Å². The largest absolute Gasteiger partial charge is 0.360 e. The summed E-state index contributed by atoms with van der Waals surface area (Å²) in [7, 11) is 0. The van der Waals surface area contributed by atoms with E-state index in [0.717, 1.165) is 0 Å². The third kappa shape index (κ3) is 1.94. The highest BCUT2D eigenvalue weighted by Crippen LogP contribution is 2.14. The first-order valence-corrected chi connectivity index (χ1v) is 4.19. The van der Waals surface area contributed by atoms with Gasteiger partial charge in [0.15, 0.2) is 5.75 Å². The SMILES string of the molecule is O=c1ccn(Oc2ccnc(Cl)c2)[nH]1. The Balaban J connectivity index is 2.22. The number of rotatable bonds is 2. The molecule has 14 heavy (non-hydrogen) atoms. The number of hydrogen-bond acceptors (Lipinski definition) is 3. The lowest BCUT2D eigenvalue weighted by atomic mass is 10.5. The van der Waals surface area contributed by atoms with Crippen LogP contribution in [-0.4, -0.2) is 14.9 Å². The summed E-state index contributed by atoms with van der Waals surface area (Å²) in [6.45, 7) is 0. The van der Waals surface area contributed by atoms with Crippen molar-refractivity contribution >= 4 is 11.6 Å². The number of aromatic amines is 1. The second-order valence-electron chi connectivity index (χ2n) is 2.52. The van der Waals surface area contributed by atoms with Crippen LogP contribution in [0.15, 0.2) is 35.4 Å². The van der Waals surface area contributed by atoms with Gasteiger partial charge < -0.3 is 4.84 Å². The normalized spacial score (nSPS) is 10.1. The summed E-state index contributed by atoms with van der Waals surface area (Å²) < 4.78 is 0. The summed E-state index contributed by atoms with van der Waals surface area (Å²) >= 11 is 5.64. The number of pyridine rings is 1. The monoisotopic (exact) mass is 211 g/mol. The quantitative estimate of drug-likeness (QED) is 0.756. The molecule has 1 N–H and O–H groups in total. The van der Waals surface area contributed by atoms with Crippen LogP contribution in [0.1, 0.15) is 0 Å². The minimum atomic E-state index is -0.231. The maximum absolute atomic E-state index is 10.8. The number of H-pyrrole nitrogens is 1.